The van der Waals surface area contributed by atoms with Gasteiger partial charge in [-0.05, 0) is 24.0 Å². The highest BCUT2D eigenvalue weighted by Crippen LogP contribution is 2.36. The molecule has 0 fully saturated rings. The van der Waals surface area contributed by atoms with Crippen LogP contribution in [0, 0.1) is 5.92 Å². The van der Waals surface area contributed by atoms with Crippen molar-refractivity contribution in [2.24, 2.45) is 11.7 Å². The molecule has 1 heterocycles. The van der Waals surface area contributed by atoms with Gasteiger partial charge < -0.3 is 26.0 Å². The maximum absolute atomic E-state index is 12.5. The zero-order valence-electron chi connectivity index (χ0n) is 16.8. The monoisotopic (exact) mass is 376 g/mol. The van der Waals surface area contributed by atoms with Crippen LogP contribution in [0.15, 0.2) is 34.9 Å². The Bertz CT molecular complexity index is 664. The van der Waals surface area contributed by atoms with Gasteiger partial charge in [0.15, 0.2) is 5.78 Å². The molecule has 0 radical (unpaired) electrons. The summed E-state index contributed by atoms with van der Waals surface area (Å²) in [5.41, 5.74) is 8.77. The third-order valence-electron chi connectivity index (χ3n) is 4.57. The van der Waals surface area contributed by atoms with Gasteiger partial charge in [-0.1, -0.05) is 27.2 Å². The molecule has 2 amide bonds. The largest absolute Gasteiger partial charge is 0.491 e. The number of amides is 2. The van der Waals surface area contributed by atoms with Crippen molar-refractivity contribution in [3.8, 4) is 0 Å². The lowest BCUT2D eigenvalue weighted by molar-refractivity contribution is -0.119. The Morgan fingerprint density at radius 1 is 1.44 bits per heavy atom. The number of allylic oxidation sites excluding steroid dienone is 1. The Labute approximate surface area is 161 Å². The number of ketones is 1. The van der Waals surface area contributed by atoms with Gasteiger partial charge in [-0.15, -0.1) is 0 Å². The lowest BCUT2D eigenvalue weighted by Gasteiger charge is -2.36. The van der Waals surface area contributed by atoms with Crippen molar-refractivity contribution in [1.82, 2.24) is 15.5 Å². The number of nitrogens with two attached hydrogens (primary N) is 1. The van der Waals surface area contributed by atoms with E-state index in [9.17, 15) is 9.59 Å². The summed E-state index contributed by atoms with van der Waals surface area (Å²) in [6, 6.07) is -1.05. The molecule has 0 aromatic carbocycles. The highest BCUT2D eigenvalue weighted by atomic mass is 16.5. The molecular formula is C20H32N4O3. The zero-order valence-corrected chi connectivity index (χ0v) is 16.8. The Balaban J connectivity index is 2.42. The molecule has 4 N–H and O–H groups in total. The first-order valence-corrected chi connectivity index (χ1v) is 9.68. The first kappa shape index (κ1) is 21.0. The van der Waals surface area contributed by atoms with Gasteiger partial charge in [-0.2, -0.15) is 0 Å². The van der Waals surface area contributed by atoms with E-state index in [2.05, 4.69) is 36.3 Å². The number of rotatable bonds is 8. The van der Waals surface area contributed by atoms with Crippen LogP contribution in [0.3, 0.4) is 0 Å². The first-order chi connectivity index (χ1) is 12.9. The van der Waals surface area contributed by atoms with E-state index in [1.165, 1.54) is 7.05 Å². The normalized spacial score (nSPS) is 19.6. The number of fused-ring (bicyclic) bond motifs is 1. The summed E-state index contributed by atoms with van der Waals surface area (Å²) in [4.78, 5) is 26.3. The van der Waals surface area contributed by atoms with E-state index in [4.69, 9.17) is 10.5 Å². The summed E-state index contributed by atoms with van der Waals surface area (Å²) in [7, 11) is 1.53. The maximum Gasteiger partial charge on any atom is 0.315 e. The molecule has 0 bridgehead atoms. The van der Waals surface area contributed by atoms with Crippen LogP contribution in [-0.2, 0) is 9.53 Å². The van der Waals surface area contributed by atoms with Gasteiger partial charge >= 0.3 is 6.03 Å². The predicted molar refractivity (Wildman–Crippen MR) is 106 cm³/mol. The molecule has 1 aliphatic heterocycles. The molecule has 1 atom stereocenters. The Hall–Kier alpha value is -2.28. The average molecular weight is 377 g/mol. The number of carbonyl (C=O) groups is 2. The van der Waals surface area contributed by atoms with Crippen LogP contribution in [0.25, 0.3) is 0 Å². The molecule has 7 nitrogen and oxygen atoms in total. The minimum absolute atomic E-state index is 0.0396. The van der Waals surface area contributed by atoms with Gasteiger partial charge in [-0.25, -0.2) is 4.79 Å². The summed E-state index contributed by atoms with van der Waals surface area (Å²) < 4.78 is 6.13. The third kappa shape index (κ3) is 5.13. The summed E-state index contributed by atoms with van der Waals surface area (Å²) in [6.45, 7) is 8.14. The van der Waals surface area contributed by atoms with Crippen molar-refractivity contribution in [2.45, 2.75) is 46.1 Å². The minimum Gasteiger partial charge on any atom is -0.491 e. The zero-order chi connectivity index (χ0) is 20.0. The molecule has 1 unspecified atom stereocenters. The van der Waals surface area contributed by atoms with Crippen molar-refractivity contribution in [3.05, 3.63) is 34.9 Å². The Kier molecular flexibility index (Phi) is 7.47. The van der Waals surface area contributed by atoms with Crippen LogP contribution >= 0.6 is 0 Å². The summed E-state index contributed by atoms with van der Waals surface area (Å²) >= 11 is 0. The fraction of sp³-hybridized carbons (Fsp3) is 0.600. The van der Waals surface area contributed by atoms with Crippen molar-refractivity contribution in [2.75, 3.05) is 26.7 Å². The Morgan fingerprint density at radius 2 is 2.19 bits per heavy atom. The van der Waals surface area contributed by atoms with Gasteiger partial charge in [0.2, 0.25) is 0 Å². The van der Waals surface area contributed by atoms with E-state index in [1.807, 2.05) is 6.20 Å². The average Bonchev–Trinajstić information content (AvgIpc) is 2.62. The minimum atomic E-state index is -0.669. The van der Waals surface area contributed by atoms with Crippen LogP contribution in [0.5, 0.6) is 0 Å². The van der Waals surface area contributed by atoms with Crippen molar-refractivity contribution in [1.29, 1.82) is 0 Å². The number of hydrogen-bond donors (Lipinski definition) is 3. The third-order valence-corrected chi connectivity index (χ3v) is 4.57. The van der Waals surface area contributed by atoms with Crippen molar-refractivity contribution < 1.29 is 14.3 Å². The molecule has 0 aromatic heterocycles. The second-order valence-corrected chi connectivity index (χ2v) is 7.31. The molecule has 27 heavy (non-hydrogen) atoms. The van der Waals surface area contributed by atoms with E-state index < -0.39 is 6.04 Å². The number of carbonyl (C=O) groups excluding carboxylic acids is 2. The number of ether oxygens (including phenoxy) is 1. The molecule has 0 aromatic rings. The molecule has 2 rings (SSSR count). The fourth-order valence-electron chi connectivity index (χ4n) is 3.23. The predicted octanol–water partition coefficient (Wildman–Crippen LogP) is 2.03. The molecule has 2 aliphatic rings. The second kappa shape index (κ2) is 9.60. The van der Waals surface area contributed by atoms with Crippen molar-refractivity contribution in [3.63, 3.8) is 0 Å². The highest BCUT2D eigenvalue weighted by Gasteiger charge is 2.34. The maximum atomic E-state index is 12.5. The molecule has 1 aliphatic carbocycles. The van der Waals surface area contributed by atoms with Gasteiger partial charge in [-0.3, -0.25) is 4.79 Å². The fourth-order valence-corrected chi connectivity index (χ4v) is 3.23. The van der Waals surface area contributed by atoms with Crippen molar-refractivity contribution >= 4 is 11.8 Å². The number of nitrogens with one attached hydrogen (secondary N) is 2. The lowest BCUT2D eigenvalue weighted by atomic mass is 9.86. The van der Waals surface area contributed by atoms with Gasteiger partial charge in [0.05, 0.1) is 12.3 Å². The lowest BCUT2D eigenvalue weighted by Crippen LogP contribution is -2.46. The van der Waals surface area contributed by atoms with E-state index in [-0.39, 0.29) is 18.2 Å². The van der Waals surface area contributed by atoms with Crippen LogP contribution in [0.4, 0.5) is 4.79 Å². The molecule has 0 saturated carbocycles. The van der Waals surface area contributed by atoms with Gasteiger partial charge in [0.1, 0.15) is 11.8 Å². The van der Waals surface area contributed by atoms with Crippen LogP contribution in [0.2, 0.25) is 0 Å². The second-order valence-electron chi connectivity index (χ2n) is 7.31. The van der Waals surface area contributed by atoms with E-state index in [0.29, 0.717) is 19.1 Å². The first-order valence-electron chi connectivity index (χ1n) is 9.68. The molecule has 150 valence electrons. The number of Topliss-reactive ketones (excluding diaryl/α,β-unsaturated/α-hetero) is 1. The topological polar surface area (TPSA) is 96.7 Å². The SMILES string of the molecule is CCCCOC1=C(CN)N(CC(C)C)C=C2CC(=O)C(NC(=O)NC)C=C21. The molecule has 0 spiro atoms. The molecule has 0 saturated heterocycles. The van der Waals surface area contributed by atoms with Crippen LogP contribution < -0.4 is 16.4 Å². The summed E-state index contributed by atoms with van der Waals surface area (Å²) in [6.07, 6.45) is 6.03. The number of urea groups is 1. The highest BCUT2D eigenvalue weighted by molar-refractivity contribution is 5.94. The smallest absolute Gasteiger partial charge is 0.315 e. The summed E-state index contributed by atoms with van der Waals surface area (Å²) in [5.74, 6) is 1.13. The van der Waals surface area contributed by atoms with E-state index >= 15 is 0 Å². The number of unbranched alkanes of at least 4 members (excludes halogenated alkanes) is 1. The van der Waals surface area contributed by atoms with E-state index in [0.717, 1.165) is 42.0 Å². The van der Waals surface area contributed by atoms with Gasteiger partial charge in [0, 0.05) is 38.3 Å². The standard InChI is InChI=1S/C20H32N4O3/c1-5-6-7-27-19-15-9-16(23-20(26)22-4)18(25)8-14(15)12-24(11-13(2)3)17(19)10-21/h9,12-13,16H,5-8,10-11,21H2,1-4H3,(H2,22,23,26). The molecule has 7 heteroatoms. The number of hydrogen-bond acceptors (Lipinski definition) is 5. The Morgan fingerprint density at radius 3 is 2.78 bits per heavy atom. The molecular weight excluding hydrogens is 344 g/mol. The summed E-state index contributed by atoms with van der Waals surface area (Å²) in [5, 5.41) is 5.18. The van der Waals surface area contributed by atoms with Crippen LogP contribution in [-0.4, -0.2) is 49.5 Å². The number of nitrogens with zero attached hydrogens (tertiary/aromatic N) is 1. The van der Waals surface area contributed by atoms with E-state index in [1.54, 1.807) is 6.08 Å². The van der Waals surface area contributed by atoms with Crippen LogP contribution in [0.1, 0.15) is 40.0 Å². The quantitative estimate of drug-likeness (QED) is 0.563. The van der Waals surface area contributed by atoms with Gasteiger partial charge in [0.25, 0.3) is 0 Å².